The Kier molecular flexibility index (Phi) is 4.45. The minimum atomic E-state index is -3.60. The standard InChI is InChI=1S/C12H17N3O5S/c1-15(2)21(18,19)11-6-3-8(20-11)7-13-9-4-5-10(16)14-12(9)17/h3,6,9,13H,4-5,7H2,1-2H3,(H,14,16,17). The van der Waals surface area contributed by atoms with Crippen molar-refractivity contribution in [3.8, 4) is 0 Å². The molecule has 21 heavy (non-hydrogen) atoms. The van der Waals surface area contributed by atoms with Crippen molar-refractivity contribution in [2.75, 3.05) is 14.1 Å². The molecule has 8 nitrogen and oxygen atoms in total. The van der Waals surface area contributed by atoms with Gasteiger partial charge in [-0.1, -0.05) is 0 Å². The third-order valence-corrected chi connectivity index (χ3v) is 4.82. The first kappa shape index (κ1) is 15.7. The Morgan fingerprint density at radius 1 is 1.38 bits per heavy atom. The average molecular weight is 315 g/mol. The molecular formula is C12H17N3O5S. The van der Waals surface area contributed by atoms with Crippen molar-refractivity contribution < 1.29 is 22.4 Å². The molecule has 1 aliphatic rings. The van der Waals surface area contributed by atoms with Crippen LogP contribution in [0.15, 0.2) is 21.6 Å². The second-order valence-electron chi connectivity index (χ2n) is 4.89. The van der Waals surface area contributed by atoms with Crippen LogP contribution in [0.1, 0.15) is 18.6 Å². The Bertz CT molecular complexity index is 650. The molecule has 1 aromatic rings. The molecule has 0 bridgehead atoms. The fourth-order valence-corrected chi connectivity index (χ4v) is 2.70. The minimum Gasteiger partial charge on any atom is -0.447 e. The molecule has 2 amide bonds. The third-order valence-electron chi connectivity index (χ3n) is 3.13. The fourth-order valence-electron chi connectivity index (χ4n) is 1.88. The first-order valence-corrected chi connectivity index (χ1v) is 7.83. The molecule has 1 aromatic heterocycles. The highest BCUT2D eigenvalue weighted by Crippen LogP contribution is 2.17. The van der Waals surface area contributed by atoms with Gasteiger partial charge < -0.3 is 4.42 Å². The monoisotopic (exact) mass is 315 g/mol. The van der Waals surface area contributed by atoms with Gasteiger partial charge >= 0.3 is 0 Å². The molecule has 2 heterocycles. The average Bonchev–Trinajstić information content (AvgIpc) is 2.87. The quantitative estimate of drug-likeness (QED) is 0.704. The van der Waals surface area contributed by atoms with E-state index in [9.17, 15) is 18.0 Å². The van der Waals surface area contributed by atoms with E-state index in [4.69, 9.17) is 4.42 Å². The van der Waals surface area contributed by atoms with Gasteiger partial charge in [0.05, 0.1) is 12.6 Å². The lowest BCUT2D eigenvalue weighted by molar-refractivity contribution is -0.134. The van der Waals surface area contributed by atoms with Crippen molar-refractivity contribution in [2.45, 2.75) is 30.5 Å². The highest BCUT2D eigenvalue weighted by atomic mass is 32.2. The fraction of sp³-hybridized carbons (Fsp3) is 0.500. The van der Waals surface area contributed by atoms with Gasteiger partial charge in [0, 0.05) is 20.5 Å². The maximum absolute atomic E-state index is 11.8. The molecule has 1 unspecified atom stereocenters. The molecule has 2 rings (SSSR count). The van der Waals surface area contributed by atoms with Gasteiger partial charge in [0.25, 0.3) is 10.0 Å². The number of rotatable bonds is 5. The molecule has 1 saturated heterocycles. The van der Waals surface area contributed by atoms with Crippen molar-refractivity contribution in [1.29, 1.82) is 0 Å². The summed E-state index contributed by atoms with van der Waals surface area (Å²) in [5, 5.41) is 5.03. The number of amides is 2. The lowest BCUT2D eigenvalue weighted by Gasteiger charge is -2.21. The van der Waals surface area contributed by atoms with Gasteiger partial charge in [0.15, 0.2) is 0 Å². The number of carbonyl (C=O) groups excluding carboxylic acids is 2. The summed E-state index contributed by atoms with van der Waals surface area (Å²) < 4.78 is 30.0. The van der Waals surface area contributed by atoms with E-state index in [1.165, 1.54) is 26.2 Å². The summed E-state index contributed by atoms with van der Waals surface area (Å²) in [6.07, 6.45) is 0.691. The van der Waals surface area contributed by atoms with Crippen LogP contribution >= 0.6 is 0 Å². The predicted octanol–water partition coefficient (Wildman–Crippen LogP) is -0.575. The maximum Gasteiger partial charge on any atom is 0.275 e. The molecule has 1 aliphatic heterocycles. The maximum atomic E-state index is 11.8. The number of sulfonamides is 1. The SMILES string of the molecule is CN(C)S(=O)(=O)c1ccc(CNC2CCC(=O)NC2=O)o1. The minimum absolute atomic E-state index is 0.146. The third kappa shape index (κ3) is 3.49. The lowest BCUT2D eigenvalue weighted by Crippen LogP contribution is -2.50. The highest BCUT2D eigenvalue weighted by Gasteiger charge is 2.26. The zero-order chi connectivity index (χ0) is 15.6. The van der Waals surface area contributed by atoms with Crippen molar-refractivity contribution in [1.82, 2.24) is 14.9 Å². The summed E-state index contributed by atoms with van der Waals surface area (Å²) in [4.78, 5) is 22.6. The number of carbonyl (C=O) groups is 2. The Labute approximate surface area is 122 Å². The van der Waals surface area contributed by atoms with E-state index in [-0.39, 0.29) is 29.9 Å². The Morgan fingerprint density at radius 2 is 2.10 bits per heavy atom. The van der Waals surface area contributed by atoms with Crippen LogP contribution in [0.3, 0.4) is 0 Å². The van der Waals surface area contributed by atoms with Crippen LogP contribution < -0.4 is 10.6 Å². The molecule has 0 saturated carbocycles. The van der Waals surface area contributed by atoms with E-state index in [0.717, 1.165) is 4.31 Å². The molecule has 1 fully saturated rings. The van der Waals surface area contributed by atoms with Crippen LogP contribution in [0.5, 0.6) is 0 Å². The molecule has 0 radical (unpaired) electrons. The molecular weight excluding hydrogens is 298 g/mol. The summed E-state index contributed by atoms with van der Waals surface area (Å²) in [5.74, 6) is -0.255. The Balaban J connectivity index is 1.98. The first-order chi connectivity index (χ1) is 9.80. The Hall–Kier alpha value is -1.71. The van der Waals surface area contributed by atoms with Crippen LogP contribution in [0.4, 0.5) is 0 Å². The molecule has 9 heteroatoms. The molecule has 116 valence electrons. The molecule has 0 aromatic carbocycles. The van der Waals surface area contributed by atoms with Crippen molar-refractivity contribution >= 4 is 21.8 Å². The number of piperidine rings is 1. The molecule has 1 atom stereocenters. The predicted molar refractivity (Wildman–Crippen MR) is 72.6 cm³/mol. The topological polar surface area (TPSA) is 109 Å². The van der Waals surface area contributed by atoms with Crippen molar-refractivity contribution in [3.63, 3.8) is 0 Å². The smallest absolute Gasteiger partial charge is 0.275 e. The molecule has 2 N–H and O–H groups in total. The molecule has 0 spiro atoms. The number of hydrogen-bond acceptors (Lipinski definition) is 6. The highest BCUT2D eigenvalue weighted by molar-refractivity contribution is 7.88. The number of nitrogens with one attached hydrogen (secondary N) is 2. The van der Waals surface area contributed by atoms with Gasteiger partial charge in [0.2, 0.25) is 16.9 Å². The van der Waals surface area contributed by atoms with Crippen LogP contribution in [-0.2, 0) is 26.2 Å². The second-order valence-corrected chi connectivity index (χ2v) is 6.98. The van der Waals surface area contributed by atoms with Crippen molar-refractivity contribution in [2.24, 2.45) is 0 Å². The van der Waals surface area contributed by atoms with Crippen LogP contribution in [-0.4, -0.2) is 44.7 Å². The van der Waals surface area contributed by atoms with E-state index in [2.05, 4.69) is 10.6 Å². The largest absolute Gasteiger partial charge is 0.447 e. The second kappa shape index (κ2) is 5.96. The van der Waals surface area contributed by atoms with Gasteiger partial charge in [-0.2, -0.15) is 0 Å². The van der Waals surface area contributed by atoms with Crippen molar-refractivity contribution in [3.05, 3.63) is 17.9 Å². The van der Waals surface area contributed by atoms with Gasteiger partial charge in [-0.15, -0.1) is 0 Å². The normalized spacial score (nSPS) is 19.9. The zero-order valence-corrected chi connectivity index (χ0v) is 12.6. The van der Waals surface area contributed by atoms with Gasteiger partial charge in [0.1, 0.15) is 5.76 Å². The van der Waals surface area contributed by atoms with E-state index in [1.54, 1.807) is 0 Å². The van der Waals surface area contributed by atoms with E-state index >= 15 is 0 Å². The summed E-state index contributed by atoms with van der Waals surface area (Å²) in [5.41, 5.74) is 0. The summed E-state index contributed by atoms with van der Waals surface area (Å²) in [6, 6.07) is 2.42. The van der Waals surface area contributed by atoms with E-state index in [0.29, 0.717) is 12.2 Å². The molecule has 0 aliphatic carbocycles. The summed E-state index contributed by atoms with van der Waals surface area (Å²) in [7, 11) is -0.771. The van der Waals surface area contributed by atoms with Gasteiger partial charge in [-0.05, 0) is 18.6 Å². The number of furan rings is 1. The lowest BCUT2D eigenvalue weighted by atomic mass is 10.1. The summed E-state index contributed by atoms with van der Waals surface area (Å²) in [6.45, 7) is 0.204. The number of imide groups is 1. The van der Waals surface area contributed by atoms with Crippen LogP contribution in [0.2, 0.25) is 0 Å². The number of hydrogen-bond donors (Lipinski definition) is 2. The first-order valence-electron chi connectivity index (χ1n) is 6.39. The Morgan fingerprint density at radius 3 is 2.71 bits per heavy atom. The van der Waals surface area contributed by atoms with Crippen LogP contribution in [0.25, 0.3) is 0 Å². The number of nitrogens with zero attached hydrogens (tertiary/aromatic N) is 1. The van der Waals surface area contributed by atoms with E-state index < -0.39 is 16.1 Å². The van der Waals surface area contributed by atoms with E-state index in [1.807, 2.05) is 0 Å². The zero-order valence-electron chi connectivity index (χ0n) is 11.8. The van der Waals surface area contributed by atoms with Gasteiger partial charge in [-0.25, -0.2) is 12.7 Å². The van der Waals surface area contributed by atoms with Crippen LogP contribution in [0, 0.1) is 0 Å². The van der Waals surface area contributed by atoms with Gasteiger partial charge in [-0.3, -0.25) is 20.2 Å². The summed E-state index contributed by atoms with van der Waals surface area (Å²) >= 11 is 0.